The lowest BCUT2D eigenvalue weighted by Gasteiger charge is -2.09. The van der Waals surface area contributed by atoms with E-state index in [1.54, 1.807) is 0 Å². The van der Waals surface area contributed by atoms with Crippen LogP contribution in [0.1, 0.15) is 89.8 Å². The molecule has 0 bridgehead atoms. The van der Waals surface area contributed by atoms with Crippen LogP contribution in [0.15, 0.2) is 72.8 Å². The van der Waals surface area contributed by atoms with E-state index in [4.69, 9.17) is 4.98 Å². The van der Waals surface area contributed by atoms with Gasteiger partial charge in [0.25, 0.3) is 0 Å². The normalized spacial score (nSPS) is 11.3. The van der Waals surface area contributed by atoms with Crippen LogP contribution in [0.25, 0.3) is 22.5 Å². The highest BCUT2D eigenvalue weighted by Crippen LogP contribution is 2.28. The molecule has 0 fully saturated rings. The van der Waals surface area contributed by atoms with Crippen LogP contribution >= 0.6 is 0 Å². The fourth-order valence-corrected chi connectivity index (χ4v) is 4.23. The van der Waals surface area contributed by atoms with E-state index in [1.807, 2.05) is 36.4 Å². The van der Waals surface area contributed by atoms with Crippen molar-refractivity contribution in [1.82, 2.24) is 15.2 Å². The molecule has 0 amide bonds. The molecule has 0 atom stereocenters. The first-order valence-electron chi connectivity index (χ1n) is 13.4. The molecule has 0 saturated heterocycles. The number of unbranched alkanes of at least 4 members (excludes halogenated alkanes) is 10. The van der Waals surface area contributed by atoms with Gasteiger partial charge in [-0.3, -0.25) is 0 Å². The molecular weight excluding hydrogens is 414 g/mol. The van der Waals surface area contributed by atoms with Crippen LogP contribution in [0.3, 0.4) is 0 Å². The summed E-state index contributed by atoms with van der Waals surface area (Å²) in [5.74, 6) is 0.845. The highest BCUT2D eigenvalue weighted by Gasteiger charge is 2.13. The SMILES string of the molecule is CCCCCCCC/C=C\CCCCCCc1nnc(-c2ccccc2)c(-c2ccccc2)n1. The third-order valence-corrected chi connectivity index (χ3v) is 6.24. The molecule has 1 aromatic heterocycles. The molecule has 180 valence electrons. The number of benzene rings is 2. The van der Waals surface area contributed by atoms with E-state index in [0.29, 0.717) is 0 Å². The summed E-state index contributed by atoms with van der Waals surface area (Å²) in [5.41, 5.74) is 3.92. The van der Waals surface area contributed by atoms with Gasteiger partial charge in [0.1, 0.15) is 11.4 Å². The van der Waals surface area contributed by atoms with Gasteiger partial charge in [0, 0.05) is 17.5 Å². The number of aromatic nitrogens is 3. The topological polar surface area (TPSA) is 38.7 Å². The molecule has 0 radical (unpaired) electrons. The minimum absolute atomic E-state index is 0.845. The lowest BCUT2D eigenvalue weighted by Crippen LogP contribution is -2.03. The Balaban J connectivity index is 1.40. The number of allylic oxidation sites excluding steroid dienone is 2. The van der Waals surface area contributed by atoms with Crippen molar-refractivity contribution in [3.63, 3.8) is 0 Å². The highest BCUT2D eigenvalue weighted by atomic mass is 15.2. The van der Waals surface area contributed by atoms with Crippen molar-refractivity contribution in [2.75, 3.05) is 0 Å². The number of hydrogen-bond donors (Lipinski definition) is 0. The van der Waals surface area contributed by atoms with Gasteiger partial charge in [-0.1, -0.05) is 125 Å². The van der Waals surface area contributed by atoms with Crippen LogP contribution in [0.2, 0.25) is 0 Å². The fourth-order valence-electron chi connectivity index (χ4n) is 4.23. The monoisotopic (exact) mass is 455 g/mol. The van der Waals surface area contributed by atoms with Crippen LogP contribution in [0, 0.1) is 0 Å². The van der Waals surface area contributed by atoms with E-state index < -0.39 is 0 Å². The predicted octanol–water partition coefficient (Wildman–Crippen LogP) is 9.01. The van der Waals surface area contributed by atoms with Gasteiger partial charge in [-0.2, -0.15) is 0 Å². The molecule has 0 N–H and O–H groups in total. The zero-order valence-corrected chi connectivity index (χ0v) is 21.0. The maximum atomic E-state index is 4.93. The maximum absolute atomic E-state index is 4.93. The first-order valence-corrected chi connectivity index (χ1v) is 13.4. The standard InChI is InChI=1S/C31H41N3/c1-2-3-4-5-6-7-8-9-10-11-12-13-14-21-26-29-32-30(27-22-17-15-18-23-27)31(34-33-29)28-24-19-16-20-25-28/h9-10,15-20,22-25H,2-8,11-14,21,26H2,1H3/b10-9-. The Morgan fingerprint density at radius 2 is 1.09 bits per heavy atom. The van der Waals surface area contributed by atoms with E-state index in [1.165, 1.54) is 70.6 Å². The summed E-state index contributed by atoms with van der Waals surface area (Å²) in [6, 6.07) is 20.5. The molecule has 0 unspecified atom stereocenters. The Hall–Kier alpha value is -2.81. The molecule has 34 heavy (non-hydrogen) atoms. The van der Waals surface area contributed by atoms with Gasteiger partial charge in [-0.05, 0) is 32.1 Å². The quantitative estimate of drug-likeness (QED) is 0.160. The second kappa shape index (κ2) is 15.9. The Kier molecular flexibility index (Phi) is 12.1. The van der Waals surface area contributed by atoms with Crippen LogP contribution in [-0.4, -0.2) is 15.2 Å². The molecule has 0 aliphatic heterocycles. The van der Waals surface area contributed by atoms with Crippen LogP contribution in [-0.2, 0) is 6.42 Å². The second-order valence-corrected chi connectivity index (χ2v) is 9.14. The van der Waals surface area contributed by atoms with Gasteiger partial charge in [0.2, 0.25) is 0 Å². The first-order chi connectivity index (χ1) is 16.9. The average molecular weight is 456 g/mol. The summed E-state index contributed by atoms with van der Waals surface area (Å²) >= 11 is 0. The Morgan fingerprint density at radius 3 is 1.71 bits per heavy atom. The van der Waals surface area contributed by atoms with Gasteiger partial charge < -0.3 is 0 Å². The smallest absolute Gasteiger partial charge is 0.151 e. The van der Waals surface area contributed by atoms with E-state index in [0.717, 1.165) is 41.2 Å². The van der Waals surface area contributed by atoms with Gasteiger partial charge in [0.05, 0.1) is 0 Å². The first kappa shape index (κ1) is 25.8. The van der Waals surface area contributed by atoms with Gasteiger partial charge in [0.15, 0.2) is 5.82 Å². The van der Waals surface area contributed by atoms with Crippen molar-refractivity contribution in [2.45, 2.75) is 90.4 Å². The summed E-state index contributed by atoms with van der Waals surface area (Å²) in [7, 11) is 0. The molecule has 3 rings (SSSR count). The van der Waals surface area contributed by atoms with Crippen molar-refractivity contribution < 1.29 is 0 Å². The van der Waals surface area contributed by atoms with E-state index in [-0.39, 0.29) is 0 Å². The summed E-state index contributed by atoms with van der Waals surface area (Å²) in [5, 5.41) is 9.06. The number of hydrogen-bond acceptors (Lipinski definition) is 3. The minimum Gasteiger partial charge on any atom is -0.229 e. The van der Waals surface area contributed by atoms with Crippen molar-refractivity contribution in [3.05, 3.63) is 78.6 Å². The fraction of sp³-hybridized carbons (Fsp3) is 0.452. The summed E-state index contributed by atoms with van der Waals surface area (Å²) < 4.78 is 0. The Bertz CT molecular complexity index is 951. The highest BCUT2D eigenvalue weighted by molar-refractivity contribution is 5.77. The maximum Gasteiger partial charge on any atom is 0.151 e. The molecule has 0 spiro atoms. The van der Waals surface area contributed by atoms with Crippen molar-refractivity contribution >= 4 is 0 Å². The van der Waals surface area contributed by atoms with Crippen LogP contribution in [0.5, 0.6) is 0 Å². The van der Waals surface area contributed by atoms with Gasteiger partial charge in [-0.15, -0.1) is 10.2 Å². The number of nitrogens with zero attached hydrogens (tertiary/aromatic N) is 3. The number of aryl methyl sites for hydroxylation is 1. The molecule has 3 aromatic rings. The summed E-state index contributed by atoms with van der Waals surface area (Å²) in [4.78, 5) is 4.93. The van der Waals surface area contributed by atoms with Gasteiger partial charge in [-0.25, -0.2) is 4.98 Å². The third kappa shape index (κ3) is 9.21. The largest absolute Gasteiger partial charge is 0.229 e. The minimum atomic E-state index is 0.845. The second-order valence-electron chi connectivity index (χ2n) is 9.14. The molecule has 0 saturated carbocycles. The van der Waals surface area contributed by atoms with Crippen molar-refractivity contribution in [2.24, 2.45) is 0 Å². The number of rotatable bonds is 16. The summed E-state index contributed by atoms with van der Waals surface area (Å²) in [6.07, 6.45) is 21.3. The predicted molar refractivity (Wildman–Crippen MR) is 145 cm³/mol. The molecule has 3 heteroatoms. The summed E-state index contributed by atoms with van der Waals surface area (Å²) in [6.45, 7) is 2.28. The van der Waals surface area contributed by atoms with Crippen molar-refractivity contribution in [1.29, 1.82) is 0 Å². The zero-order chi connectivity index (χ0) is 23.7. The lowest BCUT2D eigenvalue weighted by molar-refractivity contribution is 0.610. The van der Waals surface area contributed by atoms with E-state index in [2.05, 4.69) is 53.5 Å². The lowest BCUT2D eigenvalue weighted by atomic mass is 10.0. The molecule has 1 heterocycles. The Morgan fingerprint density at radius 1 is 0.559 bits per heavy atom. The third-order valence-electron chi connectivity index (χ3n) is 6.24. The molecular formula is C31H41N3. The van der Waals surface area contributed by atoms with E-state index in [9.17, 15) is 0 Å². The zero-order valence-electron chi connectivity index (χ0n) is 21.0. The molecule has 0 aliphatic carbocycles. The van der Waals surface area contributed by atoms with Gasteiger partial charge >= 0.3 is 0 Å². The average Bonchev–Trinajstić information content (AvgIpc) is 2.90. The molecule has 3 nitrogen and oxygen atoms in total. The molecule has 2 aromatic carbocycles. The van der Waals surface area contributed by atoms with Crippen LogP contribution < -0.4 is 0 Å². The molecule has 0 aliphatic rings. The van der Waals surface area contributed by atoms with E-state index >= 15 is 0 Å². The Labute approximate surface area is 206 Å². The van der Waals surface area contributed by atoms with Crippen molar-refractivity contribution in [3.8, 4) is 22.5 Å². The van der Waals surface area contributed by atoms with Crippen LogP contribution in [0.4, 0.5) is 0 Å².